The van der Waals surface area contributed by atoms with Crippen LogP contribution < -0.4 is 10.1 Å². The van der Waals surface area contributed by atoms with Crippen molar-refractivity contribution in [1.82, 2.24) is 10.2 Å². The van der Waals surface area contributed by atoms with Gasteiger partial charge in [-0.2, -0.15) is 0 Å². The number of benzene rings is 2. The first-order valence-corrected chi connectivity index (χ1v) is 10.4. The van der Waals surface area contributed by atoms with Gasteiger partial charge in [-0.15, -0.1) is 0 Å². The van der Waals surface area contributed by atoms with E-state index >= 15 is 0 Å². The van der Waals surface area contributed by atoms with Crippen LogP contribution in [0.4, 0.5) is 0 Å². The molecule has 0 unspecified atom stereocenters. The van der Waals surface area contributed by atoms with Gasteiger partial charge in [0.2, 0.25) is 5.91 Å². The van der Waals surface area contributed by atoms with Crippen LogP contribution in [0.25, 0.3) is 0 Å². The Labute approximate surface area is 184 Å². The zero-order valence-corrected chi connectivity index (χ0v) is 19.3. The third kappa shape index (κ3) is 7.38. The minimum Gasteiger partial charge on any atom is -0.484 e. The number of carbonyl (C=O) groups is 2. The second kappa shape index (κ2) is 9.98. The van der Waals surface area contributed by atoms with Crippen LogP contribution in [-0.2, 0) is 16.1 Å². The van der Waals surface area contributed by atoms with Crippen molar-refractivity contribution >= 4 is 23.4 Å². The van der Waals surface area contributed by atoms with E-state index in [4.69, 9.17) is 16.3 Å². The predicted octanol–water partition coefficient (Wildman–Crippen LogP) is 4.67. The van der Waals surface area contributed by atoms with Gasteiger partial charge < -0.3 is 15.0 Å². The fraction of sp³-hybridized carbons (Fsp3) is 0.417. The summed E-state index contributed by atoms with van der Waals surface area (Å²) in [5, 5.41) is 3.52. The van der Waals surface area contributed by atoms with Crippen LogP contribution in [0, 0.1) is 13.8 Å². The number of hydrogen-bond acceptors (Lipinski definition) is 3. The molecule has 0 fully saturated rings. The monoisotopic (exact) mass is 430 g/mol. The number of aryl methyl sites for hydroxylation is 2. The Balaban J connectivity index is 2.20. The fourth-order valence-corrected chi connectivity index (χ4v) is 3.35. The molecule has 5 nitrogen and oxygen atoms in total. The van der Waals surface area contributed by atoms with E-state index < -0.39 is 11.6 Å². The van der Waals surface area contributed by atoms with Crippen LogP contribution in [0.5, 0.6) is 5.75 Å². The van der Waals surface area contributed by atoms with E-state index in [1.165, 1.54) is 4.90 Å². The van der Waals surface area contributed by atoms with Crippen LogP contribution in [-0.4, -0.2) is 34.9 Å². The SMILES string of the molecule is Cc1cc(C)cc(OCC(=O)N(Cc2cccc(Cl)c2)[C@H](C)C(=O)NC(C)(C)C)c1. The summed E-state index contributed by atoms with van der Waals surface area (Å²) in [4.78, 5) is 27.4. The number of carbonyl (C=O) groups excluding carboxylic acids is 2. The Hall–Kier alpha value is -2.53. The molecule has 0 saturated carbocycles. The van der Waals surface area contributed by atoms with Crippen LogP contribution in [0.15, 0.2) is 42.5 Å². The molecule has 1 atom stereocenters. The predicted molar refractivity (Wildman–Crippen MR) is 121 cm³/mol. The highest BCUT2D eigenvalue weighted by atomic mass is 35.5. The van der Waals surface area contributed by atoms with Gasteiger partial charge in [0.05, 0.1) is 0 Å². The summed E-state index contributed by atoms with van der Waals surface area (Å²) in [5.41, 5.74) is 2.57. The maximum absolute atomic E-state index is 13.1. The molecule has 0 aliphatic heterocycles. The number of ether oxygens (including phenoxy) is 1. The number of rotatable bonds is 7. The molecule has 2 amide bonds. The Morgan fingerprint density at radius 3 is 2.30 bits per heavy atom. The smallest absolute Gasteiger partial charge is 0.261 e. The Bertz CT molecular complexity index is 885. The molecular weight excluding hydrogens is 400 g/mol. The van der Waals surface area contributed by atoms with E-state index in [0.717, 1.165) is 16.7 Å². The Kier molecular flexibility index (Phi) is 7.90. The number of nitrogens with zero attached hydrogens (tertiary/aromatic N) is 1. The number of amides is 2. The highest BCUT2D eigenvalue weighted by Gasteiger charge is 2.28. The topological polar surface area (TPSA) is 58.6 Å². The quantitative estimate of drug-likeness (QED) is 0.694. The maximum atomic E-state index is 13.1. The summed E-state index contributed by atoms with van der Waals surface area (Å²) in [6, 6.07) is 12.4. The summed E-state index contributed by atoms with van der Waals surface area (Å²) < 4.78 is 5.75. The summed E-state index contributed by atoms with van der Waals surface area (Å²) in [7, 11) is 0. The second-order valence-corrected chi connectivity index (χ2v) is 9.12. The average molecular weight is 431 g/mol. The molecule has 2 rings (SSSR count). The highest BCUT2D eigenvalue weighted by Crippen LogP contribution is 2.18. The van der Waals surface area contributed by atoms with Gasteiger partial charge in [-0.25, -0.2) is 0 Å². The number of halogens is 1. The lowest BCUT2D eigenvalue weighted by Gasteiger charge is -2.31. The lowest BCUT2D eigenvalue weighted by Crippen LogP contribution is -2.53. The molecule has 0 spiro atoms. The first-order valence-electron chi connectivity index (χ1n) is 10.0. The van der Waals surface area contributed by atoms with Crippen LogP contribution in [0.2, 0.25) is 5.02 Å². The van der Waals surface area contributed by atoms with Crippen molar-refractivity contribution in [3.8, 4) is 5.75 Å². The largest absolute Gasteiger partial charge is 0.484 e. The van der Waals surface area contributed by atoms with Gasteiger partial charge in [0.15, 0.2) is 6.61 Å². The molecule has 0 aliphatic carbocycles. The maximum Gasteiger partial charge on any atom is 0.261 e. The summed E-state index contributed by atoms with van der Waals surface area (Å²) >= 11 is 6.10. The van der Waals surface area contributed by atoms with Crippen molar-refractivity contribution in [2.45, 2.75) is 59.7 Å². The third-order valence-electron chi connectivity index (χ3n) is 4.46. The van der Waals surface area contributed by atoms with Crippen molar-refractivity contribution in [2.75, 3.05) is 6.61 Å². The van der Waals surface area contributed by atoms with Crippen molar-refractivity contribution in [1.29, 1.82) is 0 Å². The van der Waals surface area contributed by atoms with Gasteiger partial charge in [0.1, 0.15) is 11.8 Å². The molecular formula is C24H31ClN2O3. The van der Waals surface area contributed by atoms with Gasteiger partial charge in [0, 0.05) is 17.1 Å². The van der Waals surface area contributed by atoms with Gasteiger partial charge in [-0.3, -0.25) is 9.59 Å². The van der Waals surface area contributed by atoms with Crippen LogP contribution in [0.1, 0.15) is 44.4 Å². The van der Waals surface area contributed by atoms with E-state index in [2.05, 4.69) is 5.32 Å². The van der Waals surface area contributed by atoms with E-state index in [0.29, 0.717) is 10.8 Å². The van der Waals surface area contributed by atoms with Gasteiger partial charge in [0.25, 0.3) is 5.91 Å². The van der Waals surface area contributed by atoms with Crippen LogP contribution in [0.3, 0.4) is 0 Å². The molecule has 0 aromatic heterocycles. The van der Waals surface area contributed by atoms with E-state index in [-0.39, 0.29) is 25.0 Å². The van der Waals surface area contributed by atoms with Gasteiger partial charge in [-0.1, -0.05) is 29.8 Å². The summed E-state index contributed by atoms with van der Waals surface area (Å²) in [6.45, 7) is 11.5. The Morgan fingerprint density at radius 1 is 1.10 bits per heavy atom. The first-order chi connectivity index (χ1) is 13.9. The zero-order chi connectivity index (χ0) is 22.5. The molecule has 0 radical (unpaired) electrons. The number of hydrogen-bond donors (Lipinski definition) is 1. The van der Waals surface area contributed by atoms with Crippen molar-refractivity contribution in [3.63, 3.8) is 0 Å². The van der Waals surface area contributed by atoms with Crippen molar-refractivity contribution in [3.05, 3.63) is 64.2 Å². The van der Waals surface area contributed by atoms with Crippen molar-refractivity contribution in [2.24, 2.45) is 0 Å². The lowest BCUT2D eigenvalue weighted by molar-refractivity contribution is -0.142. The molecule has 0 saturated heterocycles. The molecule has 0 aliphatic rings. The highest BCUT2D eigenvalue weighted by molar-refractivity contribution is 6.30. The molecule has 0 heterocycles. The standard InChI is InChI=1S/C24H31ClN2O3/c1-16-10-17(2)12-21(11-16)30-15-22(28)27(14-19-8-7-9-20(25)13-19)18(3)23(29)26-24(4,5)6/h7-13,18H,14-15H2,1-6H3,(H,26,29)/t18-/m1/s1. The molecule has 1 N–H and O–H groups in total. The van der Waals surface area contributed by atoms with Crippen LogP contribution >= 0.6 is 11.6 Å². The molecule has 30 heavy (non-hydrogen) atoms. The first kappa shape index (κ1) is 23.7. The Morgan fingerprint density at radius 2 is 1.73 bits per heavy atom. The molecule has 6 heteroatoms. The van der Waals surface area contributed by atoms with Gasteiger partial charge in [-0.05, 0) is 82.5 Å². The molecule has 0 bridgehead atoms. The summed E-state index contributed by atoms with van der Waals surface area (Å²) in [5.74, 6) is 0.144. The second-order valence-electron chi connectivity index (χ2n) is 8.68. The normalized spacial score (nSPS) is 12.2. The fourth-order valence-electron chi connectivity index (χ4n) is 3.13. The van der Waals surface area contributed by atoms with E-state index in [9.17, 15) is 9.59 Å². The van der Waals surface area contributed by atoms with E-state index in [1.54, 1.807) is 19.1 Å². The third-order valence-corrected chi connectivity index (χ3v) is 4.70. The van der Waals surface area contributed by atoms with E-state index in [1.807, 2.05) is 65.0 Å². The summed E-state index contributed by atoms with van der Waals surface area (Å²) in [6.07, 6.45) is 0. The van der Waals surface area contributed by atoms with Gasteiger partial charge >= 0.3 is 0 Å². The average Bonchev–Trinajstić information content (AvgIpc) is 2.61. The minimum atomic E-state index is -0.668. The molecule has 2 aromatic rings. The minimum absolute atomic E-state index is 0.156. The lowest BCUT2D eigenvalue weighted by atomic mass is 10.1. The number of nitrogens with one attached hydrogen (secondary N) is 1. The zero-order valence-electron chi connectivity index (χ0n) is 18.6. The van der Waals surface area contributed by atoms with Crippen molar-refractivity contribution < 1.29 is 14.3 Å². The molecule has 162 valence electrons. The molecule has 2 aromatic carbocycles.